The van der Waals surface area contributed by atoms with Crippen LogP contribution in [0.1, 0.15) is 40.5 Å². The molecule has 2 heterocycles. The minimum atomic E-state index is -4.21. The molecule has 162 valence electrons. The van der Waals surface area contributed by atoms with Crippen molar-refractivity contribution in [1.29, 1.82) is 0 Å². The summed E-state index contributed by atoms with van der Waals surface area (Å²) >= 11 is 0. The SMILES string of the molecule is COc1ccc(C2CC2)cc1S(=O)(=O)NC(=O)c1ncc(Cn2cccn2)c(OC)n1. The van der Waals surface area contributed by atoms with Gasteiger partial charge in [0.25, 0.3) is 10.0 Å². The Morgan fingerprint density at radius 1 is 1.26 bits per heavy atom. The highest BCUT2D eigenvalue weighted by atomic mass is 32.2. The molecule has 2 aromatic heterocycles. The zero-order valence-corrected chi connectivity index (χ0v) is 17.8. The van der Waals surface area contributed by atoms with E-state index in [1.165, 1.54) is 20.4 Å². The van der Waals surface area contributed by atoms with E-state index in [0.717, 1.165) is 18.4 Å². The summed E-state index contributed by atoms with van der Waals surface area (Å²) in [6, 6.07) is 6.74. The number of rotatable bonds is 8. The smallest absolute Gasteiger partial charge is 0.302 e. The lowest BCUT2D eigenvalue weighted by Crippen LogP contribution is -2.32. The van der Waals surface area contributed by atoms with Crippen LogP contribution in [-0.4, -0.2) is 48.3 Å². The van der Waals surface area contributed by atoms with E-state index in [1.54, 1.807) is 35.3 Å². The molecule has 1 aliphatic rings. The number of sulfonamides is 1. The molecule has 0 atom stereocenters. The van der Waals surface area contributed by atoms with E-state index in [4.69, 9.17) is 9.47 Å². The molecular weight excluding hydrogens is 422 g/mol. The van der Waals surface area contributed by atoms with Gasteiger partial charge >= 0.3 is 5.91 Å². The Morgan fingerprint density at radius 2 is 2.06 bits per heavy atom. The molecule has 31 heavy (non-hydrogen) atoms. The van der Waals surface area contributed by atoms with Crippen molar-refractivity contribution in [2.75, 3.05) is 14.2 Å². The van der Waals surface area contributed by atoms with Crippen LogP contribution in [0.4, 0.5) is 0 Å². The largest absolute Gasteiger partial charge is 0.495 e. The number of amides is 1. The summed E-state index contributed by atoms with van der Waals surface area (Å²) in [5, 5.41) is 4.10. The van der Waals surface area contributed by atoms with Crippen molar-refractivity contribution in [2.45, 2.75) is 30.2 Å². The van der Waals surface area contributed by atoms with Crippen molar-refractivity contribution < 1.29 is 22.7 Å². The minimum Gasteiger partial charge on any atom is -0.495 e. The number of hydrogen-bond donors (Lipinski definition) is 1. The fraction of sp³-hybridized carbons (Fsp3) is 0.300. The van der Waals surface area contributed by atoms with Gasteiger partial charge in [-0.3, -0.25) is 9.48 Å². The third-order valence-corrected chi connectivity index (χ3v) is 6.22. The highest BCUT2D eigenvalue weighted by Gasteiger charge is 2.29. The molecule has 0 spiro atoms. The number of aromatic nitrogens is 4. The number of carbonyl (C=O) groups is 1. The van der Waals surface area contributed by atoms with E-state index < -0.39 is 15.9 Å². The summed E-state index contributed by atoms with van der Waals surface area (Å²) in [6.07, 6.45) is 6.82. The van der Waals surface area contributed by atoms with Gasteiger partial charge in [-0.15, -0.1) is 0 Å². The van der Waals surface area contributed by atoms with E-state index in [-0.39, 0.29) is 22.3 Å². The standard InChI is InChI=1S/C20H21N5O5S/c1-29-16-7-6-14(13-4-5-13)10-17(16)31(27,28)24-19(26)18-21-11-15(20(23-18)30-2)12-25-9-3-8-22-25/h3,6-11,13H,4-5,12H2,1-2H3,(H,24,26). The number of carbonyl (C=O) groups excluding carboxylic acids is 1. The highest BCUT2D eigenvalue weighted by Crippen LogP contribution is 2.42. The molecule has 0 bridgehead atoms. The first-order valence-electron chi connectivity index (χ1n) is 9.53. The van der Waals surface area contributed by atoms with Gasteiger partial charge in [-0.05, 0) is 42.5 Å². The van der Waals surface area contributed by atoms with Gasteiger partial charge in [0.15, 0.2) is 0 Å². The lowest BCUT2D eigenvalue weighted by atomic mass is 10.1. The lowest BCUT2D eigenvalue weighted by Gasteiger charge is -2.13. The maximum absolute atomic E-state index is 12.9. The molecule has 10 nitrogen and oxygen atoms in total. The highest BCUT2D eigenvalue weighted by molar-refractivity contribution is 7.90. The van der Waals surface area contributed by atoms with E-state index in [1.807, 2.05) is 10.8 Å². The molecular formula is C20H21N5O5S. The summed E-state index contributed by atoms with van der Waals surface area (Å²) in [6.45, 7) is 0.335. The Kier molecular flexibility index (Phi) is 5.59. The fourth-order valence-electron chi connectivity index (χ4n) is 3.15. The van der Waals surface area contributed by atoms with E-state index in [0.29, 0.717) is 18.0 Å². The van der Waals surface area contributed by atoms with Crippen molar-refractivity contribution in [3.05, 3.63) is 59.8 Å². The van der Waals surface area contributed by atoms with Crippen LogP contribution in [0.25, 0.3) is 0 Å². The van der Waals surface area contributed by atoms with Crippen LogP contribution in [0, 0.1) is 0 Å². The average Bonchev–Trinajstić information content (AvgIpc) is 3.50. The Bertz CT molecular complexity index is 1210. The summed E-state index contributed by atoms with van der Waals surface area (Å²) in [4.78, 5) is 20.6. The minimum absolute atomic E-state index is 0.102. The second-order valence-corrected chi connectivity index (χ2v) is 8.70. The lowest BCUT2D eigenvalue weighted by molar-refractivity contribution is 0.0970. The van der Waals surface area contributed by atoms with E-state index in [2.05, 4.69) is 15.1 Å². The molecule has 0 aliphatic heterocycles. The first kappa shape index (κ1) is 20.8. The van der Waals surface area contributed by atoms with E-state index in [9.17, 15) is 13.2 Å². The van der Waals surface area contributed by atoms with Crippen molar-refractivity contribution in [3.8, 4) is 11.6 Å². The Balaban J connectivity index is 1.58. The maximum atomic E-state index is 12.9. The zero-order chi connectivity index (χ0) is 22.0. The van der Waals surface area contributed by atoms with Gasteiger partial charge in [-0.1, -0.05) is 6.07 Å². The average molecular weight is 443 g/mol. The molecule has 0 unspecified atom stereocenters. The summed E-state index contributed by atoms with van der Waals surface area (Å²) < 4.78 is 39.9. The Morgan fingerprint density at radius 3 is 2.71 bits per heavy atom. The zero-order valence-electron chi connectivity index (χ0n) is 17.0. The summed E-state index contributed by atoms with van der Waals surface area (Å²) in [5.74, 6) is -0.658. The van der Waals surface area contributed by atoms with Gasteiger partial charge in [0.05, 0.1) is 26.3 Å². The van der Waals surface area contributed by atoms with Crippen LogP contribution in [0.3, 0.4) is 0 Å². The molecule has 1 aromatic carbocycles. The monoisotopic (exact) mass is 443 g/mol. The predicted octanol–water partition coefficient (Wildman–Crippen LogP) is 1.73. The maximum Gasteiger partial charge on any atom is 0.302 e. The molecule has 3 aromatic rings. The topological polar surface area (TPSA) is 125 Å². The third kappa shape index (κ3) is 4.50. The molecule has 1 N–H and O–H groups in total. The molecule has 1 aliphatic carbocycles. The molecule has 1 saturated carbocycles. The van der Waals surface area contributed by atoms with Crippen molar-refractivity contribution in [1.82, 2.24) is 24.5 Å². The number of benzene rings is 1. The number of nitrogens with zero attached hydrogens (tertiary/aromatic N) is 4. The van der Waals surface area contributed by atoms with Crippen molar-refractivity contribution >= 4 is 15.9 Å². The summed E-state index contributed by atoms with van der Waals surface area (Å²) in [5.41, 5.74) is 1.49. The van der Waals surface area contributed by atoms with Gasteiger partial charge < -0.3 is 9.47 Å². The van der Waals surface area contributed by atoms with Crippen LogP contribution >= 0.6 is 0 Å². The van der Waals surface area contributed by atoms with Crippen LogP contribution in [0.5, 0.6) is 11.6 Å². The second kappa shape index (κ2) is 8.34. The molecule has 1 amide bonds. The van der Waals surface area contributed by atoms with Gasteiger partial charge in [0.2, 0.25) is 11.7 Å². The van der Waals surface area contributed by atoms with Crippen molar-refractivity contribution in [2.24, 2.45) is 0 Å². The van der Waals surface area contributed by atoms with Gasteiger partial charge in [-0.2, -0.15) is 10.1 Å². The van der Waals surface area contributed by atoms with Crippen molar-refractivity contribution in [3.63, 3.8) is 0 Å². The van der Waals surface area contributed by atoms with Crippen LogP contribution in [0.15, 0.2) is 47.8 Å². The van der Waals surface area contributed by atoms with Gasteiger partial charge in [0.1, 0.15) is 10.6 Å². The Hall–Kier alpha value is -3.47. The molecule has 0 radical (unpaired) electrons. The number of hydrogen-bond acceptors (Lipinski definition) is 8. The normalized spacial score (nSPS) is 13.6. The molecule has 1 fully saturated rings. The molecule has 4 rings (SSSR count). The van der Waals surface area contributed by atoms with Crippen LogP contribution < -0.4 is 14.2 Å². The van der Waals surface area contributed by atoms with Gasteiger partial charge in [0, 0.05) is 18.6 Å². The molecule has 11 heteroatoms. The number of nitrogens with one attached hydrogen (secondary N) is 1. The number of ether oxygens (including phenoxy) is 2. The quantitative estimate of drug-likeness (QED) is 0.558. The first-order chi connectivity index (χ1) is 14.9. The van der Waals surface area contributed by atoms with Crippen LogP contribution in [0.2, 0.25) is 0 Å². The van der Waals surface area contributed by atoms with Crippen LogP contribution in [-0.2, 0) is 16.6 Å². The fourth-order valence-corrected chi connectivity index (χ4v) is 4.30. The van der Waals surface area contributed by atoms with E-state index >= 15 is 0 Å². The molecule has 0 saturated heterocycles. The first-order valence-corrected chi connectivity index (χ1v) is 11.0. The number of methoxy groups -OCH3 is 2. The predicted molar refractivity (Wildman–Crippen MR) is 110 cm³/mol. The second-order valence-electron chi connectivity index (χ2n) is 7.05. The van der Waals surface area contributed by atoms with Gasteiger partial charge in [-0.25, -0.2) is 18.1 Å². The summed E-state index contributed by atoms with van der Waals surface area (Å²) in [7, 11) is -1.43. The third-order valence-electron chi connectivity index (χ3n) is 4.87. The Labute approximate surface area is 179 Å².